The SMILES string of the molecule is Cn1cc(-c2c(-n3nccn3)nc(N)n3nc(Cc4c(F)cccc4F)nc23)ccc1=O.Cn1cc(-c2c(Cl)nc(N)n3nc(Cc4c(F)cccc4F)nc23)ccc1=O.c1cn[nH]n1. The molecule has 65 heavy (non-hydrogen) atoms. The zero-order chi connectivity index (χ0) is 45.9. The molecule has 8 heterocycles. The Kier molecular flexibility index (Phi) is 11.9. The molecular formula is C40H31ClF4N18O2. The van der Waals surface area contributed by atoms with Gasteiger partial charge < -0.3 is 20.6 Å². The molecule has 0 aliphatic heterocycles. The molecule has 2 aromatic carbocycles. The van der Waals surface area contributed by atoms with E-state index in [0.29, 0.717) is 22.3 Å². The number of hydrogen-bond acceptors (Lipinski definition) is 14. The molecule has 328 valence electrons. The molecule has 10 rings (SSSR count). The molecule has 0 amide bonds. The fourth-order valence-electron chi connectivity index (χ4n) is 6.46. The molecule has 0 aliphatic rings. The van der Waals surface area contributed by atoms with Gasteiger partial charge in [-0.25, -0.2) is 32.5 Å². The van der Waals surface area contributed by atoms with Crippen molar-refractivity contribution in [3.05, 3.63) is 170 Å². The van der Waals surface area contributed by atoms with Gasteiger partial charge in [-0.15, -0.1) is 15.0 Å². The van der Waals surface area contributed by atoms with Crippen molar-refractivity contribution in [1.82, 2.24) is 78.7 Å². The first-order valence-corrected chi connectivity index (χ1v) is 19.3. The Bertz CT molecular complexity index is 3400. The number of nitrogens with two attached hydrogens (primary N) is 2. The molecule has 10 aromatic rings. The van der Waals surface area contributed by atoms with E-state index in [4.69, 9.17) is 23.1 Å². The quantitative estimate of drug-likeness (QED) is 0.151. The first kappa shape index (κ1) is 43.0. The summed E-state index contributed by atoms with van der Waals surface area (Å²) in [6, 6.07) is 13.2. The maximum atomic E-state index is 14.2. The highest BCUT2D eigenvalue weighted by Gasteiger charge is 2.23. The van der Waals surface area contributed by atoms with Crippen molar-refractivity contribution < 1.29 is 17.6 Å². The third-order valence-corrected chi connectivity index (χ3v) is 9.80. The summed E-state index contributed by atoms with van der Waals surface area (Å²) in [5.74, 6) is -2.29. The number of aromatic amines is 1. The predicted octanol–water partition coefficient (Wildman–Crippen LogP) is 3.92. The maximum absolute atomic E-state index is 14.2. The minimum atomic E-state index is -0.699. The molecule has 0 radical (unpaired) electrons. The number of nitrogens with one attached hydrogen (secondary N) is 1. The second kappa shape index (κ2) is 18.0. The van der Waals surface area contributed by atoms with Crippen LogP contribution in [0.3, 0.4) is 0 Å². The van der Waals surface area contributed by atoms with Crippen molar-refractivity contribution in [3.8, 4) is 28.1 Å². The summed E-state index contributed by atoms with van der Waals surface area (Å²) in [7, 11) is 3.20. The molecule has 0 fully saturated rings. The lowest BCUT2D eigenvalue weighted by Crippen LogP contribution is -2.15. The zero-order valence-corrected chi connectivity index (χ0v) is 34.5. The number of halogens is 5. The Morgan fingerprint density at radius 2 is 1.05 bits per heavy atom. The number of fused-ring (bicyclic) bond motifs is 2. The van der Waals surface area contributed by atoms with Crippen LogP contribution in [0.25, 0.3) is 39.4 Å². The lowest BCUT2D eigenvalue weighted by atomic mass is 10.1. The van der Waals surface area contributed by atoms with Crippen molar-refractivity contribution in [2.24, 2.45) is 14.1 Å². The van der Waals surface area contributed by atoms with E-state index in [1.165, 1.54) is 71.8 Å². The Balaban J connectivity index is 0.000000161. The summed E-state index contributed by atoms with van der Waals surface area (Å²) in [6.45, 7) is 0. The first-order chi connectivity index (χ1) is 31.3. The van der Waals surface area contributed by atoms with Gasteiger partial charge in [-0.05, 0) is 36.4 Å². The number of benzene rings is 2. The molecule has 0 bridgehead atoms. The topological polar surface area (TPSA) is 254 Å². The number of nitrogens with zero attached hydrogens (tertiary/aromatic N) is 15. The summed E-state index contributed by atoms with van der Waals surface area (Å²) in [5.41, 5.74) is 13.8. The van der Waals surface area contributed by atoms with E-state index >= 15 is 0 Å². The van der Waals surface area contributed by atoms with Crippen LogP contribution in [0.5, 0.6) is 0 Å². The number of nitrogen functional groups attached to an aromatic ring is 2. The number of aryl methyl sites for hydroxylation is 2. The minimum Gasteiger partial charge on any atom is -0.368 e. The second-order valence-electron chi connectivity index (χ2n) is 13.8. The van der Waals surface area contributed by atoms with Gasteiger partial charge >= 0.3 is 0 Å². The Morgan fingerprint density at radius 3 is 1.49 bits per heavy atom. The van der Waals surface area contributed by atoms with E-state index in [0.717, 1.165) is 12.1 Å². The average molecular weight is 907 g/mol. The van der Waals surface area contributed by atoms with E-state index in [2.05, 4.69) is 55.7 Å². The molecule has 0 unspecified atom stereocenters. The van der Waals surface area contributed by atoms with Crippen LogP contribution in [0.2, 0.25) is 5.15 Å². The van der Waals surface area contributed by atoms with Gasteiger partial charge in [0.25, 0.3) is 0 Å². The third-order valence-electron chi connectivity index (χ3n) is 9.53. The maximum Gasteiger partial charge on any atom is 0.250 e. The smallest absolute Gasteiger partial charge is 0.250 e. The Hall–Kier alpha value is -8.67. The normalized spacial score (nSPS) is 11.1. The van der Waals surface area contributed by atoms with Crippen LogP contribution in [0.4, 0.5) is 29.5 Å². The summed E-state index contributed by atoms with van der Waals surface area (Å²) in [5, 5.41) is 26.2. The Morgan fingerprint density at radius 1 is 0.600 bits per heavy atom. The summed E-state index contributed by atoms with van der Waals surface area (Å²) in [6.07, 6.45) is 8.93. The van der Waals surface area contributed by atoms with E-state index in [1.54, 1.807) is 51.0 Å². The molecule has 25 heteroatoms. The van der Waals surface area contributed by atoms with Crippen LogP contribution < -0.4 is 22.6 Å². The lowest BCUT2D eigenvalue weighted by molar-refractivity contribution is 0.558. The fourth-order valence-corrected chi connectivity index (χ4v) is 6.74. The summed E-state index contributed by atoms with van der Waals surface area (Å²) in [4.78, 5) is 42.1. The zero-order valence-electron chi connectivity index (χ0n) is 33.7. The second-order valence-corrected chi connectivity index (χ2v) is 14.2. The Labute approximate surface area is 366 Å². The standard InChI is InChI=1S/C20H15F2N9O.C18H13ClF2N6O.C2H3N3/c1-29-10-11(5-6-16(29)32)17-18-26-15(9-12-13(21)3-2-4-14(12)22)28-30(18)20(23)27-19(17)31-24-7-8-25-31;1-26-8-9(5-6-14(26)28)15-16(19)24-18(22)27-17(15)23-13(25-27)7-10-11(20)3-2-4-12(10)21;1-2-4-5-3-1/h2-8,10H,9H2,1H3,(H2,23,27);2-6,8H,7H2,1H3,(H2,22,24);1-2H,(H,3,4,5). The number of rotatable bonds is 7. The molecule has 5 N–H and O–H groups in total. The molecule has 8 aromatic heterocycles. The summed E-state index contributed by atoms with van der Waals surface area (Å²) < 4.78 is 61.6. The van der Waals surface area contributed by atoms with Gasteiger partial charge in [0, 0.05) is 73.7 Å². The highest BCUT2D eigenvalue weighted by Crippen LogP contribution is 2.32. The molecule has 20 nitrogen and oxygen atoms in total. The van der Waals surface area contributed by atoms with Crippen LogP contribution in [0, 0.1) is 23.3 Å². The van der Waals surface area contributed by atoms with Crippen LogP contribution >= 0.6 is 11.6 Å². The van der Waals surface area contributed by atoms with E-state index in [1.807, 2.05) is 0 Å². The van der Waals surface area contributed by atoms with Gasteiger partial charge in [0.2, 0.25) is 23.0 Å². The average Bonchev–Trinajstić information content (AvgIpc) is 4.13. The van der Waals surface area contributed by atoms with E-state index in [9.17, 15) is 27.2 Å². The van der Waals surface area contributed by atoms with Gasteiger partial charge in [0.1, 0.15) is 28.4 Å². The number of hydrogen-bond donors (Lipinski definition) is 3. The van der Waals surface area contributed by atoms with Crippen molar-refractivity contribution in [2.75, 3.05) is 11.5 Å². The third kappa shape index (κ3) is 8.85. The van der Waals surface area contributed by atoms with Gasteiger partial charge in [-0.3, -0.25) is 9.59 Å². The van der Waals surface area contributed by atoms with Gasteiger partial charge in [0.15, 0.2) is 28.8 Å². The molecule has 0 atom stereocenters. The van der Waals surface area contributed by atoms with E-state index < -0.39 is 23.3 Å². The van der Waals surface area contributed by atoms with Crippen LogP contribution in [-0.2, 0) is 26.9 Å². The number of pyridine rings is 2. The van der Waals surface area contributed by atoms with Crippen molar-refractivity contribution >= 4 is 34.8 Å². The first-order valence-electron chi connectivity index (χ1n) is 18.9. The fraction of sp³-hybridized carbons (Fsp3) is 0.100. The van der Waals surface area contributed by atoms with Gasteiger partial charge in [0.05, 0.1) is 35.9 Å². The monoisotopic (exact) mass is 906 g/mol. The van der Waals surface area contributed by atoms with Crippen LogP contribution in [-0.4, -0.2) is 78.7 Å². The van der Waals surface area contributed by atoms with Crippen molar-refractivity contribution in [1.29, 1.82) is 0 Å². The molecule has 0 aliphatic carbocycles. The highest BCUT2D eigenvalue weighted by atomic mass is 35.5. The van der Waals surface area contributed by atoms with Crippen LogP contribution in [0.1, 0.15) is 22.8 Å². The molecular weight excluding hydrogens is 876 g/mol. The largest absolute Gasteiger partial charge is 0.368 e. The molecule has 0 saturated carbocycles. The highest BCUT2D eigenvalue weighted by molar-refractivity contribution is 6.33. The lowest BCUT2D eigenvalue weighted by Gasteiger charge is -2.11. The van der Waals surface area contributed by atoms with Crippen molar-refractivity contribution in [2.45, 2.75) is 12.8 Å². The predicted molar refractivity (Wildman–Crippen MR) is 226 cm³/mol. The minimum absolute atomic E-state index is 0.0198. The summed E-state index contributed by atoms with van der Waals surface area (Å²) >= 11 is 6.28. The number of H-pyrrole nitrogens is 1. The van der Waals surface area contributed by atoms with Crippen LogP contribution in [0.15, 0.2) is 107 Å². The molecule has 0 spiro atoms. The molecule has 0 saturated heterocycles. The van der Waals surface area contributed by atoms with Crippen molar-refractivity contribution in [3.63, 3.8) is 0 Å². The number of anilines is 2. The van der Waals surface area contributed by atoms with E-state index in [-0.39, 0.29) is 80.9 Å². The number of aromatic nitrogens is 16. The van der Waals surface area contributed by atoms with Gasteiger partial charge in [-0.1, -0.05) is 23.7 Å². The van der Waals surface area contributed by atoms with Gasteiger partial charge in [-0.2, -0.15) is 39.6 Å².